The maximum atomic E-state index is 2.35. The number of thiophene rings is 1. The van der Waals surface area contributed by atoms with Gasteiger partial charge in [-0.25, -0.2) is 0 Å². The molecular weight excluding hydrogens is 320 g/mol. The van der Waals surface area contributed by atoms with E-state index in [4.69, 9.17) is 0 Å². The van der Waals surface area contributed by atoms with Gasteiger partial charge in [-0.1, -0.05) is 47.5 Å². The molecule has 1 heterocycles. The van der Waals surface area contributed by atoms with Crippen LogP contribution in [0.5, 0.6) is 0 Å². The van der Waals surface area contributed by atoms with Crippen LogP contribution in [0.15, 0.2) is 48.5 Å². The van der Waals surface area contributed by atoms with Crippen molar-refractivity contribution in [3.8, 4) is 0 Å². The largest absolute Gasteiger partial charge is 0.134 e. The minimum Gasteiger partial charge on any atom is -0.134 e. The van der Waals surface area contributed by atoms with Crippen molar-refractivity contribution in [1.29, 1.82) is 0 Å². The van der Waals surface area contributed by atoms with Gasteiger partial charge < -0.3 is 0 Å². The Hall–Kier alpha value is -2.38. The van der Waals surface area contributed by atoms with Crippen LogP contribution in [0, 0.1) is 27.7 Å². The van der Waals surface area contributed by atoms with Crippen molar-refractivity contribution < 1.29 is 0 Å². The maximum absolute atomic E-state index is 2.35. The minimum atomic E-state index is 1.34. The van der Waals surface area contributed by atoms with E-state index < -0.39 is 0 Å². The number of benzene rings is 4. The predicted octanol–water partition coefficient (Wildman–Crippen LogP) is 7.59. The Kier molecular flexibility index (Phi) is 3.02. The third-order valence-electron chi connectivity index (χ3n) is 5.37. The molecule has 0 radical (unpaired) electrons. The second-order valence-electron chi connectivity index (χ2n) is 7.34. The van der Waals surface area contributed by atoms with Gasteiger partial charge in [0, 0.05) is 30.9 Å². The van der Waals surface area contributed by atoms with Gasteiger partial charge in [-0.15, -0.1) is 11.3 Å². The van der Waals surface area contributed by atoms with E-state index in [0.717, 1.165) is 0 Å². The molecular formula is C24H20S. The first-order valence-electron chi connectivity index (χ1n) is 8.79. The SMILES string of the molecule is Cc1cc(C)c2ccc3c4ccc5c(C)cc(C)cc5c4sc3c2c1. The van der Waals surface area contributed by atoms with Crippen LogP contribution >= 0.6 is 11.3 Å². The van der Waals surface area contributed by atoms with Crippen LogP contribution in [-0.4, -0.2) is 0 Å². The Balaban J connectivity index is 2.05. The average molecular weight is 340 g/mol. The molecule has 5 rings (SSSR count). The van der Waals surface area contributed by atoms with Gasteiger partial charge in [0.15, 0.2) is 0 Å². The molecule has 1 heteroatoms. The summed E-state index contributed by atoms with van der Waals surface area (Å²) < 4.78 is 2.84. The number of hydrogen-bond acceptors (Lipinski definition) is 1. The smallest absolute Gasteiger partial charge is 0.0434 e. The molecule has 0 atom stereocenters. The van der Waals surface area contributed by atoms with Gasteiger partial charge in [0.05, 0.1) is 0 Å². The van der Waals surface area contributed by atoms with Crippen LogP contribution < -0.4 is 0 Å². The molecule has 5 aromatic rings. The highest BCUT2D eigenvalue weighted by molar-refractivity contribution is 7.27. The van der Waals surface area contributed by atoms with Crippen LogP contribution in [0.25, 0.3) is 41.7 Å². The average Bonchev–Trinajstić information content (AvgIpc) is 2.94. The van der Waals surface area contributed by atoms with Gasteiger partial charge in [0.1, 0.15) is 0 Å². The fraction of sp³-hybridized carbons (Fsp3) is 0.167. The predicted molar refractivity (Wildman–Crippen MR) is 113 cm³/mol. The molecule has 0 saturated heterocycles. The Morgan fingerprint density at radius 2 is 0.880 bits per heavy atom. The summed E-state index contributed by atoms with van der Waals surface area (Å²) in [6.45, 7) is 8.83. The normalized spacial score (nSPS) is 12.0. The Bertz CT molecular complexity index is 1220. The molecule has 0 unspecified atom stereocenters. The summed E-state index contributed by atoms with van der Waals surface area (Å²) in [6.07, 6.45) is 0. The molecule has 1 aromatic heterocycles. The highest BCUT2D eigenvalue weighted by Crippen LogP contribution is 2.42. The van der Waals surface area contributed by atoms with E-state index in [-0.39, 0.29) is 0 Å². The monoisotopic (exact) mass is 340 g/mol. The summed E-state index contributed by atoms with van der Waals surface area (Å²) in [5.74, 6) is 0. The zero-order valence-corrected chi connectivity index (χ0v) is 15.8. The fourth-order valence-electron chi connectivity index (χ4n) is 4.30. The molecule has 25 heavy (non-hydrogen) atoms. The summed E-state index contributed by atoms with van der Waals surface area (Å²) in [5, 5.41) is 8.32. The van der Waals surface area contributed by atoms with Gasteiger partial charge in [-0.2, -0.15) is 0 Å². The molecule has 0 saturated carbocycles. The standard InChI is InChI=1S/C24H20S/c1-13-9-15(3)17-5-7-19-20-8-6-18-16(4)10-14(2)12-22(18)24(20)25-23(19)21(17)11-13/h5-12H,1-4H3. The van der Waals surface area contributed by atoms with Gasteiger partial charge in [-0.05, 0) is 61.7 Å². The Labute approximate surface area is 151 Å². The van der Waals surface area contributed by atoms with E-state index in [1.807, 2.05) is 11.3 Å². The quantitative estimate of drug-likeness (QED) is 0.272. The van der Waals surface area contributed by atoms with Crippen LogP contribution in [0.2, 0.25) is 0 Å². The lowest BCUT2D eigenvalue weighted by Crippen LogP contribution is -1.82. The minimum absolute atomic E-state index is 1.34. The van der Waals surface area contributed by atoms with E-state index in [9.17, 15) is 0 Å². The first-order chi connectivity index (χ1) is 12.0. The summed E-state index contributed by atoms with van der Waals surface area (Å²) in [6, 6.07) is 18.5. The Morgan fingerprint density at radius 1 is 0.480 bits per heavy atom. The zero-order valence-electron chi connectivity index (χ0n) is 15.0. The van der Waals surface area contributed by atoms with Crippen LogP contribution in [0.1, 0.15) is 22.3 Å². The van der Waals surface area contributed by atoms with Crippen molar-refractivity contribution in [2.45, 2.75) is 27.7 Å². The third kappa shape index (κ3) is 2.06. The van der Waals surface area contributed by atoms with Crippen molar-refractivity contribution in [2.24, 2.45) is 0 Å². The maximum Gasteiger partial charge on any atom is 0.0434 e. The van der Waals surface area contributed by atoms with Gasteiger partial charge in [0.25, 0.3) is 0 Å². The summed E-state index contributed by atoms with van der Waals surface area (Å²) in [7, 11) is 0. The second-order valence-corrected chi connectivity index (χ2v) is 8.36. The lowest BCUT2D eigenvalue weighted by Gasteiger charge is -2.06. The summed E-state index contributed by atoms with van der Waals surface area (Å²) >= 11 is 1.96. The molecule has 0 bridgehead atoms. The van der Waals surface area contributed by atoms with Crippen molar-refractivity contribution in [2.75, 3.05) is 0 Å². The molecule has 0 spiro atoms. The van der Waals surface area contributed by atoms with E-state index >= 15 is 0 Å². The van der Waals surface area contributed by atoms with Crippen LogP contribution in [0.4, 0.5) is 0 Å². The van der Waals surface area contributed by atoms with Crippen molar-refractivity contribution in [3.05, 3.63) is 70.8 Å². The van der Waals surface area contributed by atoms with Gasteiger partial charge in [-0.3, -0.25) is 0 Å². The Morgan fingerprint density at radius 3 is 1.32 bits per heavy atom. The molecule has 0 aliphatic rings. The highest BCUT2D eigenvalue weighted by atomic mass is 32.1. The number of rotatable bonds is 0. The molecule has 0 fully saturated rings. The van der Waals surface area contributed by atoms with E-state index in [0.29, 0.717) is 0 Å². The molecule has 0 aliphatic carbocycles. The van der Waals surface area contributed by atoms with Crippen molar-refractivity contribution in [3.63, 3.8) is 0 Å². The lowest BCUT2D eigenvalue weighted by molar-refractivity contribution is 1.43. The number of fused-ring (bicyclic) bond motifs is 7. The summed E-state index contributed by atoms with van der Waals surface area (Å²) in [4.78, 5) is 0. The molecule has 4 aromatic carbocycles. The molecule has 0 N–H and O–H groups in total. The number of hydrogen-bond donors (Lipinski definition) is 0. The fourth-order valence-corrected chi connectivity index (χ4v) is 5.63. The molecule has 0 amide bonds. The van der Waals surface area contributed by atoms with E-state index in [1.54, 1.807) is 0 Å². The zero-order chi connectivity index (χ0) is 17.3. The second kappa shape index (κ2) is 5.06. The number of aryl methyl sites for hydroxylation is 4. The van der Waals surface area contributed by atoms with Crippen molar-refractivity contribution in [1.82, 2.24) is 0 Å². The van der Waals surface area contributed by atoms with Crippen LogP contribution in [0.3, 0.4) is 0 Å². The first kappa shape index (κ1) is 14.9. The summed E-state index contributed by atoms with van der Waals surface area (Å²) in [5.41, 5.74) is 5.41. The topological polar surface area (TPSA) is 0 Å². The van der Waals surface area contributed by atoms with Crippen LogP contribution in [-0.2, 0) is 0 Å². The van der Waals surface area contributed by atoms with E-state index in [2.05, 4.69) is 76.2 Å². The molecule has 0 nitrogen and oxygen atoms in total. The lowest BCUT2D eigenvalue weighted by atomic mass is 9.98. The highest BCUT2D eigenvalue weighted by Gasteiger charge is 2.13. The van der Waals surface area contributed by atoms with E-state index in [1.165, 1.54) is 64.0 Å². The molecule has 0 aliphatic heterocycles. The third-order valence-corrected chi connectivity index (χ3v) is 6.66. The van der Waals surface area contributed by atoms with Crippen molar-refractivity contribution >= 4 is 53.1 Å². The van der Waals surface area contributed by atoms with Gasteiger partial charge in [0.2, 0.25) is 0 Å². The first-order valence-corrected chi connectivity index (χ1v) is 9.61. The molecule has 122 valence electrons. The van der Waals surface area contributed by atoms with Gasteiger partial charge >= 0.3 is 0 Å².